The summed E-state index contributed by atoms with van der Waals surface area (Å²) in [4.78, 5) is 23.3. The average molecular weight is 300 g/mol. The van der Waals surface area contributed by atoms with Crippen molar-refractivity contribution in [1.29, 1.82) is 0 Å². The quantitative estimate of drug-likeness (QED) is 0.909. The molecular weight excluding hydrogens is 283 g/mol. The smallest absolute Gasteiger partial charge is 0.255 e. The highest BCUT2D eigenvalue weighted by molar-refractivity contribution is 6.05. The summed E-state index contributed by atoms with van der Waals surface area (Å²) >= 11 is 0. The highest BCUT2D eigenvalue weighted by Gasteiger charge is 2.11. The third-order valence-corrected chi connectivity index (χ3v) is 3.16. The minimum absolute atomic E-state index is 0.0333. The van der Waals surface area contributed by atoms with Gasteiger partial charge in [0.1, 0.15) is 5.82 Å². The predicted molar refractivity (Wildman–Crippen MR) is 84.6 cm³/mol. The van der Waals surface area contributed by atoms with E-state index in [1.165, 1.54) is 25.1 Å². The highest BCUT2D eigenvalue weighted by atomic mass is 19.1. The fourth-order valence-corrected chi connectivity index (χ4v) is 2.16. The van der Waals surface area contributed by atoms with Crippen LogP contribution in [0.1, 0.15) is 28.4 Å². The maximum absolute atomic E-state index is 13.6. The van der Waals surface area contributed by atoms with Crippen LogP contribution in [0.2, 0.25) is 0 Å². The van der Waals surface area contributed by atoms with Crippen LogP contribution in [-0.2, 0) is 4.79 Å². The Hall–Kier alpha value is -2.69. The van der Waals surface area contributed by atoms with Crippen LogP contribution in [-0.4, -0.2) is 11.8 Å². The molecular formula is C17H17FN2O2. The Morgan fingerprint density at radius 1 is 1.00 bits per heavy atom. The van der Waals surface area contributed by atoms with E-state index in [-0.39, 0.29) is 17.5 Å². The van der Waals surface area contributed by atoms with E-state index in [9.17, 15) is 14.0 Å². The first kappa shape index (κ1) is 15.7. The summed E-state index contributed by atoms with van der Waals surface area (Å²) in [5, 5.41) is 5.08. The fraction of sp³-hybridized carbons (Fsp3) is 0.176. The van der Waals surface area contributed by atoms with Crippen LogP contribution in [0.4, 0.5) is 15.8 Å². The van der Waals surface area contributed by atoms with Crippen molar-refractivity contribution >= 4 is 23.2 Å². The van der Waals surface area contributed by atoms with E-state index < -0.39 is 5.82 Å². The molecule has 0 radical (unpaired) electrons. The minimum atomic E-state index is -0.556. The molecule has 2 amide bonds. The average Bonchev–Trinajstić information content (AvgIpc) is 2.41. The van der Waals surface area contributed by atoms with Crippen molar-refractivity contribution in [2.24, 2.45) is 0 Å². The lowest BCUT2D eigenvalue weighted by atomic mass is 10.1. The summed E-state index contributed by atoms with van der Waals surface area (Å²) < 4.78 is 13.6. The number of halogens is 1. The molecule has 2 aromatic carbocycles. The first-order chi connectivity index (χ1) is 10.4. The monoisotopic (exact) mass is 300 g/mol. The second kappa shape index (κ2) is 6.39. The van der Waals surface area contributed by atoms with Crippen LogP contribution in [0.5, 0.6) is 0 Å². The van der Waals surface area contributed by atoms with Crippen molar-refractivity contribution in [2.75, 3.05) is 10.6 Å². The number of benzene rings is 2. The van der Waals surface area contributed by atoms with Gasteiger partial charge < -0.3 is 10.6 Å². The van der Waals surface area contributed by atoms with Crippen molar-refractivity contribution in [1.82, 2.24) is 0 Å². The normalized spacial score (nSPS) is 10.2. The molecule has 0 aliphatic heterocycles. The first-order valence-corrected chi connectivity index (χ1v) is 6.82. The Bertz CT molecular complexity index is 741. The molecule has 0 saturated heterocycles. The maximum Gasteiger partial charge on any atom is 0.255 e. The van der Waals surface area contributed by atoms with Gasteiger partial charge in [-0.15, -0.1) is 0 Å². The van der Waals surface area contributed by atoms with Gasteiger partial charge in [-0.2, -0.15) is 0 Å². The molecule has 0 atom stereocenters. The van der Waals surface area contributed by atoms with Gasteiger partial charge >= 0.3 is 0 Å². The number of carbonyl (C=O) groups excluding carboxylic acids is 2. The van der Waals surface area contributed by atoms with Crippen LogP contribution >= 0.6 is 0 Å². The van der Waals surface area contributed by atoms with Gasteiger partial charge in [-0.1, -0.05) is 17.7 Å². The van der Waals surface area contributed by atoms with Crippen molar-refractivity contribution in [3.8, 4) is 0 Å². The second-order valence-corrected chi connectivity index (χ2v) is 5.15. The Balaban J connectivity index is 2.23. The molecule has 114 valence electrons. The minimum Gasteiger partial charge on any atom is -0.324 e. The topological polar surface area (TPSA) is 58.2 Å². The number of hydrogen-bond donors (Lipinski definition) is 2. The van der Waals surface area contributed by atoms with Crippen molar-refractivity contribution in [3.63, 3.8) is 0 Å². The number of hydrogen-bond acceptors (Lipinski definition) is 2. The molecule has 0 unspecified atom stereocenters. The van der Waals surface area contributed by atoms with Crippen LogP contribution < -0.4 is 10.6 Å². The van der Waals surface area contributed by atoms with Gasteiger partial charge in [-0.25, -0.2) is 4.39 Å². The number of anilines is 2. The number of carbonyl (C=O) groups is 2. The van der Waals surface area contributed by atoms with Gasteiger partial charge in [-0.3, -0.25) is 9.59 Å². The van der Waals surface area contributed by atoms with E-state index in [0.717, 1.165) is 11.1 Å². The summed E-state index contributed by atoms with van der Waals surface area (Å²) in [5.74, 6) is -1.21. The number of aryl methyl sites for hydroxylation is 2. The molecule has 0 heterocycles. The zero-order valence-corrected chi connectivity index (χ0v) is 12.7. The summed E-state index contributed by atoms with van der Waals surface area (Å²) in [6.07, 6.45) is 0. The summed E-state index contributed by atoms with van der Waals surface area (Å²) in [6.45, 7) is 5.10. The van der Waals surface area contributed by atoms with E-state index >= 15 is 0 Å². The highest BCUT2D eigenvalue weighted by Crippen LogP contribution is 2.21. The molecule has 0 bridgehead atoms. The molecule has 5 heteroatoms. The molecule has 2 rings (SSSR count). The molecule has 0 saturated carbocycles. The molecule has 22 heavy (non-hydrogen) atoms. The lowest BCUT2D eigenvalue weighted by Crippen LogP contribution is -2.14. The van der Waals surface area contributed by atoms with E-state index in [2.05, 4.69) is 10.6 Å². The molecule has 0 spiro atoms. The lowest BCUT2D eigenvalue weighted by Gasteiger charge is -2.10. The van der Waals surface area contributed by atoms with Gasteiger partial charge in [0.15, 0.2) is 0 Å². The standard InChI is InChI=1S/C17H17FN2O2/c1-10-4-6-14(11(2)8-10)17(22)20-13-5-7-15(18)16(9-13)19-12(3)21/h4-9H,1-3H3,(H,19,21)(H,20,22). The van der Waals surface area contributed by atoms with E-state index in [4.69, 9.17) is 0 Å². The maximum atomic E-state index is 13.6. The zero-order valence-electron chi connectivity index (χ0n) is 12.7. The summed E-state index contributed by atoms with van der Waals surface area (Å²) in [5.41, 5.74) is 2.93. The molecule has 0 aliphatic carbocycles. The van der Waals surface area contributed by atoms with Crippen LogP contribution in [0.15, 0.2) is 36.4 Å². The van der Waals surface area contributed by atoms with Crippen LogP contribution in [0.3, 0.4) is 0 Å². The van der Waals surface area contributed by atoms with Crippen molar-refractivity contribution < 1.29 is 14.0 Å². The third kappa shape index (κ3) is 3.69. The van der Waals surface area contributed by atoms with Gasteiger partial charge in [0.05, 0.1) is 5.69 Å². The SMILES string of the molecule is CC(=O)Nc1cc(NC(=O)c2ccc(C)cc2C)ccc1F. The summed E-state index contributed by atoms with van der Waals surface area (Å²) in [7, 11) is 0. The van der Waals surface area contributed by atoms with E-state index in [1.54, 1.807) is 6.07 Å². The zero-order chi connectivity index (χ0) is 16.3. The van der Waals surface area contributed by atoms with Gasteiger partial charge in [0.2, 0.25) is 5.91 Å². The third-order valence-electron chi connectivity index (χ3n) is 3.16. The fourth-order valence-electron chi connectivity index (χ4n) is 2.16. The summed E-state index contributed by atoms with van der Waals surface area (Å²) in [6, 6.07) is 9.55. The molecule has 0 fully saturated rings. The predicted octanol–water partition coefficient (Wildman–Crippen LogP) is 3.65. The largest absolute Gasteiger partial charge is 0.324 e. The Morgan fingerprint density at radius 2 is 1.73 bits per heavy atom. The first-order valence-electron chi connectivity index (χ1n) is 6.82. The number of nitrogens with one attached hydrogen (secondary N) is 2. The van der Waals surface area contributed by atoms with Gasteiger partial charge in [0, 0.05) is 18.2 Å². The second-order valence-electron chi connectivity index (χ2n) is 5.15. The van der Waals surface area contributed by atoms with E-state index in [0.29, 0.717) is 11.3 Å². The molecule has 4 nitrogen and oxygen atoms in total. The lowest BCUT2D eigenvalue weighted by molar-refractivity contribution is -0.114. The van der Waals surface area contributed by atoms with Gasteiger partial charge in [0.25, 0.3) is 5.91 Å². The van der Waals surface area contributed by atoms with Gasteiger partial charge in [-0.05, 0) is 43.7 Å². The molecule has 2 aromatic rings. The molecule has 0 aromatic heterocycles. The Labute approximate surface area is 128 Å². The van der Waals surface area contributed by atoms with Crippen LogP contribution in [0, 0.1) is 19.7 Å². The number of amides is 2. The van der Waals surface area contributed by atoms with Crippen molar-refractivity contribution in [3.05, 3.63) is 58.9 Å². The Kier molecular flexibility index (Phi) is 4.56. The van der Waals surface area contributed by atoms with E-state index in [1.807, 2.05) is 26.0 Å². The molecule has 2 N–H and O–H groups in total. The van der Waals surface area contributed by atoms with Crippen LogP contribution in [0.25, 0.3) is 0 Å². The molecule has 0 aliphatic rings. The Morgan fingerprint density at radius 3 is 2.36 bits per heavy atom. The van der Waals surface area contributed by atoms with Crippen molar-refractivity contribution in [2.45, 2.75) is 20.8 Å². The number of rotatable bonds is 3.